The molecule has 0 aliphatic carbocycles. The quantitative estimate of drug-likeness (QED) is 0.398. The van der Waals surface area contributed by atoms with Crippen molar-refractivity contribution in [1.82, 2.24) is 15.0 Å². The molecule has 0 fully saturated rings. The molecule has 0 saturated heterocycles. The van der Waals surface area contributed by atoms with E-state index in [1.807, 2.05) is 31.2 Å². The highest BCUT2D eigenvalue weighted by atomic mass is 32.2. The molecular weight excluding hydrogens is 356 g/mol. The summed E-state index contributed by atoms with van der Waals surface area (Å²) in [6.45, 7) is 6.15. The number of hydrogen-bond donors (Lipinski definition) is 2. The third-order valence-electron chi connectivity index (χ3n) is 4.63. The Kier molecular flexibility index (Phi) is 4.58. The van der Waals surface area contributed by atoms with Gasteiger partial charge in [0.2, 0.25) is 5.91 Å². The SMILES string of the molecule is Cc1ccc2[nH]c3c(SCC(=O)Nc4ccc(C)c(C)c4)ncnc3c2c1. The molecule has 0 radical (unpaired) electrons. The molecule has 2 heterocycles. The first-order chi connectivity index (χ1) is 13.0. The van der Waals surface area contributed by atoms with E-state index in [1.54, 1.807) is 6.33 Å². The molecule has 4 rings (SSSR count). The highest BCUT2D eigenvalue weighted by Gasteiger charge is 2.13. The molecule has 0 atom stereocenters. The molecule has 0 aliphatic rings. The first kappa shape index (κ1) is 17.5. The van der Waals surface area contributed by atoms with Crippen molar-refractivity contribution < 1.29 is 4.79 Å². The topological polar surface area (TPSA) is 70.7 Å². The van der Waals surface area contributed by atoms with E-state index in [2.05, 4.69) is 46.2 Å². The molecule has 27 heavy (non-hydrogen) atoms. The normalized spacial score (nSPS) is 11.2. The summed E-state index contributed by atoms with van der Waals surface area (Å²) in [6, 6.07) is 12.2. The van der Waals surface area contributed by atoms with E-state index in [9.17, 15) is 4.79 Å². The van der Waals surface area contributed by atoms with E-state index in [0.717, 1.165) is 38.2 Å². The van der Waals surface area contributed by atoms with Crippen molar-refractivity contribution in [1.29, 1.82) is 0 Å². The largest absolute Gasteiger partial charge is 0.351 e. The number of amides is 1. The lowest BCUT2D eigenvalue weighted by Gasteiger charge is -2.07. The summed E-state index contributed by atoms with van der Waals surface area (Å²) >= 11 is 1.41. The molecule has 6 heteroatoms. The highest BCUT2D eigenvalue weighted by Crippen LogP contribution is 2.30. The van der Waals surface area contributed by atoms with E-state index in [1.165, 1.54) is 22.9 Å². The number of aromatic nitrogens is 3. The number of carbonyl (C=O) groups is 1. The number of thioether (sulfide) groups is 1. The average Bonchev–Trinajstić information content (AvgIpc) is 3.01. The van der Waals surface area contributed by atoms with Gasteiger partial charge in [-0.25, -0.2) is 9.97 Å². The lowest BCUT2D eigenvalue weighted by atomic mass is 10.1. The van der Waals surface area contributed by atoms with Gasteiger partial charge in [0.15, 0.2) is 0 Å². The monoisotopic (exact) mass is 376 g/mol. The number of hydrogen-bond acceptors (Lipinski definition) is 4. The van der Waals surface area contributed by atoms with Crippen LogP contribution in [0.4, 0.5) is 5.69 Å². The van der Waals surface area contributed by atoms with Gasteiger partial charge in [-0.15, -0.1) is 0 Å². The van der Waals surface area contributed by atoms with Crippen molar-refractivity contribution in [2.75, 3.05) is 11.1 Å². The molecule has 0 spiro atoms. The molecule has 2 aromatic heterocycles. The highest BCUT2D eigenvalue weighted by molar-refractivity contribution is 8.00. The average molecular weight is 376 g/mol. The summed E-state index contributed by atoms with van der Waals surface area (Å²) in [5, 5.41) is 4.81. The zero-order chi connectivity index (χ0) is 19.0. The van der Waals surface area contributed by atoms with Gasteiger partial charge in [-0.05, 0) is 56.2 Å². The van der Waals surface area contributed by atoms with Crippen molar-refractivity contribution in [2.45, 2.75) is 25.8 Å². The fourth-order valence-corrected chi connectivity index (χ4v) is 3.80. The van der Waals surface area contributed by atoms with Crippen LogP contribution in [0.1, 0.15) is 16.7 Å². The number of H-pyrrole nitrogens is 1. The van der Waals surface area contributed by atoms with Gasteiger partial charge in [0.1, 0.15) is 16.9 Å². The third-order valence-corrected chi connectivity index (χ3v) is 5.62. The minimum atomic E-state index is -0.0537. The Morgan fingerprint density at radius 1 is 1.07 bits per heavy atom. The van der Waals surface area contributed by atoms with Crippen LogP contribution in [0, 0.1) is 20.8 Å². The van der Waals surface area contributed by atoms with Crippen LogP contribution in [0.25, 0.3) is 21.9 Å². The Bertz CT molecular complexity index is 1170. The number of rotatable bonds is 4. The molecule has 2 aromatic carbocycles. The number of nitrogens with zero attached hydrogens (tertiary/aromatic N) is 2. The summed E-state index contributed by atoms with van der Waals surface area (Å²) in [4.78, 5) is 24.5. The molecule has 136 valence electrons. The Morgan fingerprint density at radius 2 is 1.93 bits per heavy atom. The predicted molar refractivity (Wildman–Crippen MR) is 111 cm³/mol. The van der Waals surface area contributed by atoms with Crippen LogP contribution in [0.2, 0.25) is 0 Å². The van der Waals surface area contributed by atoms with Crippen molar-refractivity contribution in [3.05, 3.63) is 59.4 Å². The van der Waals surface area contributed by atoms with E-state index in [0.29, 0.717) is 0 Å². The number of aryl methyl sites for hydroxylation is 3. The van der Waals surface area contributed by atoms with Gasteiger partial charge in [-0.1, -0.05) is 29.5 Å². The molecule has 0 bridgehead atoms. The fraction of sp³-hybridized carbons (Fsp3) is 0.190. The predicted octanol–water partition coefficient (Wildman–Crippen LogP) is 4.77. The second-order valence-electron chi connectivity index (χ2n) is 6.71. The van der Waals surface area contributed by atoms with Crippen molar-refractivity contribution in [2.24, 2.45) is 0 Å². The van der Waals surface area contributed by atoms with Gasteiger partial charge < -0.3 is 10.3 Å². The van der Waals surface area contributed by atoms with Gasteiger partial charge >= 0.3 is 0 Å². The number of anilines is 1. The van der Waals surface area contributed by atoms with Crippen LogP contribution in [-0.4, -0.2) is 26.6 Å². The number of aromatic amines is 1. The van der Waals surface area contributed by atoms with Crippen molar-refractivity contribution in [3.63, 3.8) is 0 Å². The van der Waals surface area contributed by atoms with Gasteiger partial charge in [-0.2, -0.15) is 0 Å². The molecule has 1 amide bonds. The van der Waals surface area contributed by atoms with E-state index >= 15 is 0 Å². The van der Waals surface area contributed by atoms with E-state index in [-0.39, 0.29) is 11.7 Å². The third kappa shape index (κ3) is 3.53. The summed E-state index contributed by atoms with van der Waals surface area (Å²) in [7, 11) is 0. The minimum Gasteiger partial charge on any atom is -0.351 e. The number of benzene rings is 2. The summed E-state index contributed by atoms with van der Waals surface area (Å²) in [5.74, 6) is 0.231. The smallest absolute Gasteiger partial charge is 0.234 e. The Morgan fingerprint density at radius 3 is 2.74 bits per heavy atom. The maximum atomic E-state index is 12.3. The van der Waals surface area contributed by atoms with Crippen LogP contribution in [-0.2, 0) is 4.79 Å². The standard InChI is InChI=1S/C21H20N4OS/c1-12-4-7-17-16(8-12)19-20(25-17)21(23-11-22-19)27-10-18(26)24-15-6-5-13(2)14(3)9-15/h4-9,11,25H,10H2,1-3H3,(H,24,26). The fourth-order valence-electron chi connectivity index (χ4n) is 3.04. The van der Waals surface area contributed by atoms with Crippen LogP contribution < -0.4 is 5.32 Å². The van der Waals surface area contributed by atoms with Crippen LogP contribution in [0.3, 0.4) is 0 Å². The van der Waals surface area contributed by atoms with Gasteiger partial charge in [0, 0.05) is 16.6 Å². The second-order valence-corrected chi connectivity index (χ2v) is 7.68. The molecule has 0 unspecified atom stereocenters. The number of fused-ring (bicyclic) bond motifs is 3. The zero-order valence-electron chi connectivity index (χ0n) is 15.5. The zero-order valence-corrected chi connectivity index (χ0v) is 16.3. The lowest BCUT2D eigenvalue weighted by molar-refractivity contribution is -0.113. The number of carbonyl (C=O) groups excluding carboxylic acids is 1. The maximum Gasteiger partial charge on any atom is 0.234 e. The molecular formula is C21H20N4OS. The van der Waals surface area contributed by atoms with E-state index in [4.69, 9.17) is 0 Å². The first-order valence-electron chi connectivity index (χ1n) is 8.74. The number of nitrogens with one attached hydrogen (secondary N) is 2. The Labute approximate surface area is 161 Å². The molecule has 4 aromatic rings. The first-order valence-corrected chi connectivity index (χ1v) is 9.73. The van der Waals surface area contributed by atoms with Crippen molar-refractivity contribution >= 4 is 45.3 Å². The summed E-state index contributed by atoms with van der Waals surface area (Å²) in [5.41, 5.74) is 7.16. The molecule has 0 aliphatic heterocycles. The summed E-state index contributed by atoms with van der Waals surface area (Å²) in [6.07, 6.45) is 1.56. The van der Waals surface area contributed by atoms with Crippen LogP contribution in [0.5, 0.6) is 0 Å². The van der Waals surface area contributed by atoms with Crippen molar-refractivity contribution in [3.8, 4) is 0 Å². The van der Waals surface area contributed by atoms with Gasteiger partial charge in [0.25, 0.3) is 0 Å². The Balaban J connectivity index is 1.54. The van der Waals surface area contributed by atoms with Crippen LogP contribution >= 0.6 is 11.8 Å². The van der Waals surface area contributed by atoms with Gasteiger partial charge in [0.05, 0.1) is 11.3 Å². The maximum absolute atomic E-state index is 12.3. The minimum absolute atomic E-state index is 0.0537. The Hall–Kier alpha value is -2.86. The molecule has 2 N–H and O–H groups in total. The molecule has 0 saturated carbocycles. The lowest BCUT2D eigenvalue weighted by Crippen LogP contribution is -2.14. The van der Waals surface area contributed by atoms with E-state index < -0.39 is 0 Å². The summed E-state index contributed by atoms with van der Waals surface area (Å²) < 4.78 is 0. The second kappa shape index (κ2) is 7.04. The van der Waals surface area contributed by atoms with Gasteiger partial charge in [-0.3, -0.25) is 4.79 Å². The van der Waals surface area contributed by atoms with Crippen LogP contribution in [0.15, 0.2) is 47.8 Å². The molecule has 5 nitrogen and oxygen atoms in total.